The first kappa shape index (κ1) is 23.6. The molecule has 0 aliphatic rings. The molecule has 0 fully saturated rings. The molecule has 0 radical (unpaired) electrons. The quantitative estimate of drug-likeness (QED) is 0.216. The van der Waals surface area contributed by atoms with Crippen LogP contribution in [0.15, 0.2) is 83.7 Å². The number of nitrogens with zero attached hydrogens (tertiary/aromatic N) is 1. The number of methoxy groups -OCH3 is 1. The lowest BCUT2D eigenvalue weighted by molar-refractivity contribution is -0.111. The van der Waals surface area contributed by atoms with Gasteiger partial charge in [0.05, 0.1) is 36.0 Å². The summed E-state index contributed by atoms with van der Waals surface area (Å²) in [4.78, 5) is 40.0. The van der Waals surface area contributed by atoms with Gasteiger partial charge in [-0.3, -0.25) is 9.36 Å². The Morgan fingerprint density at radius 3 is 2.54 bits per heavy atom. The molecule has 0 spiro atoms. The van der Waals surface area contributed by atoms with Crippen molar-refractivity contribution >= 4 is 34.7 Å². The topological polar surface area (TPSA) is 102 Å². The number of aromatic nitrogens is 2. The van der Waals surface area contributed by atoms with E-state index in [-0.39, 0.29) is 23.8 Å². The van der Waals surface area contributed by atoms with E-state index in [2.05, 4.69) is 10.3 Å². The summed E-state index contributed by atoms with van der Waals surface area (Å²) in [5.41, 5.74) is 2.81. The highest BCUT2D eigenvalue weighted by atomic mass is 16.5. The summed E-state index contributed by atoms with van der Waals surface area (Å²) in [6, 6.07) is 21.3. The highest BCUT2D eigenvalue weighted by molar-refractivity contribution is 6.06. The van der Waals surface area contributed by atoms with Gasteiger partial charge in [-0.1, -0.05) is 36.4 Å². The Labute approximate surface area is 201 Å². The fraction of sp³-hybridized carbons (Fsp3) is 0.148. The molecular formula is C27H25N3O5. The number of carbonyl (C=O) groups is 2. The molecule has 0 saturated heterocycles. The summed E-state index contributed by atoms with van der Waals surface area (Å²) in [6.45, 7) is 0.537. The molecule has 0 aliphatic heterocycles. The first-order valence-corrected chi connectivity index (χ1v) is 11.1. The molecule has 0 unspecified atom stereocenters. The Bertz CT molecular complexity index is 1420. The Kier molecular flexibility index (Phi) is 7.42. The number of hydrogen-bond acceptors (Lipinski definition) is 5. The molecule has 0 atom stereocenters. The molecule has 2 N–H and O–H groups in total. The van der Waals surface area contributed by atoms with E-state index < -0.39 is 5.97 Å². The first-order valence-electron chi connectivity index (χ1n) is 11.1. The van der Waals surface area contributed by atoms with E-state index >= 15 is 0 Å². The molecule has 3 aromatic carbocycles. The van der Waals surface area contributed by atoms with E-state index in [1.807, 2.05) is 36.4 Å². The summed E-state index contributed by atoms with van der Waals surface area (Å²) >= 11 is 0. The lowest BCUT2D eigenvalue weighted by atomic mass is 10.1. The number of nitrogens with one attached hydrogen (secondary N) is 2. The summed E-state index contributed by atoms with van der Waals surface area (Å²) in [7, 11) is 1.59. The van der Waals surface area contributed by atoms with Crippen LogP contribution in [0, 0.1) is 0 Å². The highest BCUT2D eigenvalue weighted by Crippen LogP contribution is 2.17. The second-order valence-corrected chi connectivity index (χ2v) is 7.73. The van der Waals surface area contributed by atoms with Gasteiger partial charge >= 0.3 is 11.7 Å². The number of hydrogen-bond donors (Lipinski definition) is 2. The SMILES string of the molecule is COc1ccc(/C=C/C(=O)Nc2ccccc2C(=O)OCCCn2c(=O)[nH]c3ccccc32)cc1. The monoisotopic (exact) mass is 471 g/mol. The fourth-order valence-electron chi connectivity index (χ4n) is 3.63. The van der Waals surface area contributed by atoms with Crippen LogP contribution < -0.4 is 15.7 Å². The number of esters is 1. The van der Waals surface area contributed by atoms with Crippen LogP contribution in [0.25, 0.3) is 17.1 Å². The minimum absolute atomic E-state index is 0.129. The second kappa shape index (κ2) is 11.0. The van der Waals surface area contributed by atoms with E-state index in [4.69, 9.17) is 9.47 Å². The number of fused-ring (bicyclic) bond motifs is 1. The molecule has 0 bridgehead atoms. The number of ether oxygens (including phenoxy) is 2. The number of imidazole rings is 1. The van der Waals surface area contributed by atoms with Crippen LogP contribution in [-0.4, -0.2) is 35.1 Å². The molecule has 35 heavy (non-hydrogen) atoms. The predicted octanol–water partition coefficient (Wildman–Crippen LogP) is 4.24. The average molecular weight is 472 g/mol. The maximum absolute atomic E-state index is 12.6. The smallest absolute Gasteiger partial charge is 0.340 e. The van der Waals surface area contributed by atoms with Gasteiger partial charge in [0, 0.05) is 12.6 Å². The van der Waals surface area contributed by atoms with Gasteiger partial charge in [0.1, 0.15) is 5.75 Å². The van der Waals surface area contributed by atoms with Crippen LogP contribution in [0.3, 0.4) is 0 Å². The number of aromatic amines is 1. The molecular weight excluding hydrogens is 446 g/mol. The Hall–Kier alpha value is -4.59. The zero-order valence-corrected chi connectivity index (χ0v) is 19.2. The van der Waals surface area contributed by atoms with Gasteiger partial charge in [0.25, 0.3) is 0 Å². The van der Waals surface area contributed by atoms with E-state index in [1.54, 1.807) is 54.2 Å². The Morgan fingerprint density at radius 1 is 1.00 bits per heavy atom. The van der Waals surface area contributed by atoms with Crippen LogP contribution in [0.5, 0.6) is 5.75 Å². The minimum Gasteiger partial charge on any atom is -0.497 e. The average Bonchev–Trinajstić information content (AvgIpc) is 3.20. The number of aryl methyl sites for hydroxylation is 1. The molecule has 8 heteroatoms. The van der Waals surface area contributed by atoms with Crippen molar-refractivity contribution in [1.29, 1.82) is 0 Å². The molecule has 1 amide bonds. The highest BCUT2D eigenvalue weighted by Gasteiger charge is 2.14. The van der Waals surface area contributed by atoms with Gasteiger partial charge in [0.15, 0.2) is 0 Å². The van der Waals surface area contributed by atoms with E-state index in [0.29, 0.717) is 18.7 Å². The summed E-state index contributed by atoms with van der Waals surface area (Å²) in [6.07, 6.45) is 3.53. The lowest BCUT2D eigenvalue weighted by Gasteiger charge is -2.10. The maximum Gasteiger partial charge on any atom is 0.340 e. The number of anilines is 1. The van der Waals surface area contributed by atoms with E-state index in [0.717, 1.165) is 22.3 Å². The number of rotatable bonds is 9. The molecule has 1 heterocycles. The molecule has 4 rings (SSSR count). The van der Waals surface area contributed by atoms with Crippen molar-refractivity contribution in [2.45, 2.75) is 13.0 Å². The maximum atomic E-state index is 12.6. The Morgan fingerprint density at radius 2 is 1.74 bits per heavy atom. The molecule has 8 nitrogen and oxygen atoms in total. The largest absolute Gasteiger partial charge is 0.497 e. The van der Waals surface area contributed by atoms with Crippen molar-refractivity contribution in [3.8, 4) is 5.75 Å². The van der Waals surface area contributed by atoms with Crippen LogP contribution in [-0.2, 0) is 16.1 Å². The first-order chi connectivity index (χ1) is 17.0. The third-order valence-corrected chi connectivity index (χ3v) is 5.39. The summed E-state index contributed by atoms with van der Waals surface area (Å²) in [5.74, 6) is -0.196. The van der Waals surface area contributed by atoms with Crippen molar-refractivity contribution in [2.24, 2.45) is 0 Å². The fourth-order valence-corrected chi connectivity index (χ4v) is 3.63. The van der Waals surface area contributed by atoms with Crippen molar-refractivity contribution in [3.63, 3.8) is 0 Å². The number of H-pyrrole nitrogens is 1. The van der Waals surface area contributed by atoms with Crippen molar-refractivity contribution in [2.75, 3.05) is 19.0 Å². The lowest BCUT2D eigenvalue weighted by Crippen LogP contribution is -2.18. The van der Waals surface area contributed by atoms with Crippen molar-refractivity contribution in [1.82, 2.24) is 9.55 Å². The van der Waals surface area contributed by atoms with Crippen molar-refractivity contribution in [3.05, 3.63) is 100 Å². The van der Waals surface area contributed by atoms with Crippen LogP contribution >= 0.6 is 0 Å². The third kappa shape index (κ3) is 5.86. The normalized spacial score (nSPS) is 11.0. The van der Waals surface area contributed by atoms with Crippen molar-refractivity contribution < 1.29 is 19.1 Å². The predicted molar refractivity (Wildman–Crippen MR) is 135 cm³/mol. The second-order valence-electron chi connectivity index (χ2n) is 7.73. The Balaban J connectivity index is 1.33. The minimum atomic E-state index is -0.550. The number of benzene rings is 3. The van der Waals surface area contributed by atoms with Gasteiger partial charge in [0.2, 0.25) is 5.91 Å². The molecule has 0 saturated carbocycles. The number of carbonyl (C=O) groups excluding carboxylic acids is 2. The summed E-state index contributed by atoms with van der Waals surface area (Å²) in [5, 5.41) is 2.72. The van der Waals surface area contributed by atoms with Gasteiger partial charge in [-0.05, 0) is 54.5 Å². The molecule has 1 aromatic heterocycles. The van der Waals surface area contributed by atoms with Gasteiger partial charge in [-0.2, -0.15) is 0 Å². The van der Waals surface area contributed by atoms with Gasteiger partial charge in [-0.25, -0.2) is 9.59 Å². The van der Waals surface area contributed by atoms with E-state index in [1.165, 1.54) is 6.08 Å². The van der Waals surface area contributed by atoms with Gasteiger partial charge in [-0.15, -0.1) is 0 Å². The molecule has 4 aromatic rings. The summed E-state index contributed by atoms with van der Waals surface area (Å²) < 4.78 is 12.1. The number of amides is 1. The number of para-hydroxylation sites is 3. The molecule has 178 valence electrons. The van der Waals surface area contributed by atoms with Crippen LogP contribution in [0.4, 0.5) is 5.69 Å². The standard InChI is InChI=1S/C27H25N3O5/c1-34-20-14-11-19(12-15-20)13-16-25(31)28-22-8-3-2-7-21(22)26(32)35-18-6-17-30-24-10-5-4-9-23(24)29-27(30)33/h2-5,7-16H,6,17-18H2,1H3,(H,28,31)(H,29,33)/b16-13+. The van der Waals surface area contributed by atoms with Crippen LogP contribution in [0.1, 0.15) is 22.3 Å². The third-order valence-electron chi connectivity index (χ3n) is 5.39. The van der Waals surface area contributed by atoms with E-state index in [9.17, 15) is 14.4 Å². The zero-order valence-electron chi connectivity index (χ0n) is 19.2. The van der Waals surface area contributed by atoms with Gasteiger partial charge < -0.3 is 19.8 Å². The zero-order chi connectivity index (χ0) is 24.6. The van der Waals surface area contributed by atoms with Crippen LogP contribution in [0.2, 0.25) is 0 Å². The molecule has 0 aliphatic carbocycles.